The Morgan fingerprint density at radius 3 is 2.79 bits per heavy atom. The van der Waals surface area contributed by atoms with Crippen LogP contribution in [0.2, 0.25) is 0 Å². The van der Waals surface area contributed by atoms with Gasteiger partial charge in [-0.25, -0.2) is 4.79 Å². The number of esters is 1. The molecule has 0 aliphatic heterocycles. The van der Waals surface area contributed by atoms with Gasteiger partial charge in [0.05, 0.1) is 17.4 Å². The molecule has 2 aromatic rings. The molecule has 150 valence electrons. The number of rotatable bonds is 6. The summed E-state index contributed by atoms with van der Waals surface area (Å²) in [6.45, 7) is 5.31. The van der Waals surface area contributed by atoms with Gasteiger partial charge in [0.15, 0.2) is 5.16 Å². The Balaban J connectivity index is 1.79. The summed E-state index contributed by atoms with van der Waals surface area (Å²) < 4.78 is 5.21. The number of aryl methyl sites for hydroxylation is 2. The largest absolute Gasteiger partial charge is 0.462 e. The molecular formula is C18H22N4O4S2. The van der Waals surface area contributed by atoms with Gasteiger partial charge in [0, 0.05) is 4.88 Å². The fourth-order valence-corrected chi connectivity index (χ4v) is 4.96. The Hall–Kier alpha value is -2.20. The molecule has 2 heterocycles. The maximum absolute atomic E-state index is 12.7. The molecule has 0 fully saturated rings. The van der Waals surface area contributed by atoms with Crippen molar-refractivity contribution in [2.75, 3.05) is 11.9 Å². The quantitative estimate of drug-likeness (QED) is 0.543. The molecule has 0 aromatic carbocycles. The second kappa shape index (κ2) is 8.87. The molecule has 0 radical (unpaired) electrons. The van der Waals surface area contributed by atoms with E-state index in [9.17, 15) is 14.4 Å². The second-order valence-corrected chi connectivity index (χ2v) is 8.86. The number of anilines is 1. The lowest BCUT2D eigenvalue weighted by atomic mass is 9.95. The molecule has 1 aliphatic rings. The topological polar surface area (TPSA) is 114 Å². The van der Waals surface area contributed by atoms with Gasteiger partial charge in [-0.3, -0.25) is 14.6 Å². The van der Waals surface area contributed by atoms with Crippen molar-refractivity contribution >= 4 is 40.0 Å². The molecule has 2 N–H and O–H groups in total. The molecule has 3 rings (SSSR count). The van der Waals surface area contributed by atoms with Crippen LogP contribution in [0.4, 0.5) is 5.00 Å². The van der Waals surface area contributed by atoms with Crippen molar-refractivity contribution in [2.24, 2.45) is 0 Å². The van der Waals surface area contributed by atoms with E-state index in [4.69, 9.17) is 4.74 Å². The van der Waals surface area contributed by atoms with Crippen molar-refractivity contribution in [3.8, 4) is 0 Å². The highest BCUT2D eigenvalue weighted by atomic mass is 32.2. The number of thioether (sulfide) groups is 1. The van der Waals surface area contributed by atoms with Gasteiger partial charge in [-0.1, -0.05) is 11.8 Å². The molecule has 28 heavy (non-hydrogen) atoms. The SMILES string of the molecule is CCOC(=O)c1c(NC(=O)[C@H](C)Sc2nnc(C)c(=O)[nH]2)sc2c1CCCC2. The molecular weight excluding hydrogens is 400 g/mol. The van der Waals surface area contributed by atoms with Crippen LogP contribution in [-0.4, -0.2) is 38.9 Å². The van der Waals surface area contributed by atoms with E-state index in [-0.39, 0.29) is 28.9 Å². The number of carbonyl (C=O) groups excluding carboxylic acids is 2. The van der Waals surface area contributed by atoms with Crippen molar-refractivity contribution in [1.82, 2.24) is 15.2 Å². The van der Waals surface area contributed by atoms with Crippen molar-refractivity contribution in [3.63, 3.8) is 0 Å². The molecule has 0 bridgehead atoms. The molecule has 1 atom stereocenters. The van der Waals surface area contributed by atoms with Crippen LogP contribution in [0, 0.1) is 6.92 Å². The first-order valence-corrected chi connectivity index (χ1v) is 10.8. The number of nitrogens with zero attached hydrogens (tertiary/aromatic N) is 2. The molecule has 8 nitrogen and oxygen atoms in total. The summed E-state index contributed by atoms with van der Waals surface area (Å²) in [6, 6.07) is 0. The zero-order valence-corrected chi connectivity index (χ0v) is 17.6. The lowest BCUT2D eigenvalue weighted by Crippen LogP contribution is -2.24. The number of aromatic nitrogens is 3. The van der Waals surface area contributed by atoms with Crippen LogP contribution in [-0.2, 0) is 22.4 Å². The zero-order chi connectivity index (χ0) is 20.3. The van der Waals surface area contributed by atoms with E-state index < -0.39 is 11.2 Å². The first kappa shape index (κ1) is 20.5. The first-order chi connectivity index (χ1) is 13.4. The molecule has 1 amide bonds. The first-order valence-electron chi connectivity index (χ1n) is 9.13. The minimum absolute atomic E-state index is 0.268. The van der Waals surface area contributed by atoms with E-state index in [0.29, 0.717) is 10.6 Å². The number of nitrogens with one attached hydrogen (secondary N) is 2. The smallest absolute Gasteiger partial charge is 0.341 e. The van der Waals surface area contributed by atoms with E-state index in [2.05, 4.69) is 20.5 Å². The number of ether oxygens (including phenoxy) is 1. The van der Waals surface area contributed by atoms with Gasteiger partial charge in [0.1, 0.15) is 10.7 Å². The summed E-state index contributed by atoms with van der Waals surface area (Å²) in [5.41, 5.74) is 1.42. The third-order valence-corrected chi connectivity index (χ3v) is 6.57. The number of fused-ring (bicyclic) bond motifs is 1. The maximum atomic E-state index is 12.7. The van der Waals surface area contributed by atoms with Crippen LogP contribution >= 0.6 is 23.1 Å². The van der Waals surface area contributed by atoms with Crippen molar-refractivity contribution in [1.29, 1.82) is 0 Å². The van der Waals surface area contributed by atoms with E-state index in [1.807, 2.05) is 0 Å². The van der Waals surface area contributed by atoms with Gasteiger partial charge in [-0.05, 0) is 52.0 Å². The Labute approximate surface area is 170 Å². The summed E-state index contributed by atoms with van der Waals surface area (Å²) in [5, 5.41) is 10.8. The van der Waals surface area contributed by atoms with Crippen LogP contribution in [0.5, 0.6) is 0 Å². The zero-order valence-electron chi connectivity index (χ0n) is 16.0. The average Bonchev–Trinajstić information content (AvgIpc) is 3.02. The van der Waals surface area contributed by atoms with E-state index >= 15 is 0 Å². The van der Waals surface area contributed by atoms with Crippen molar-refractivity contribution in [3.05, 3.63) is 32.1 Å². The number of hydrogen-bond acceptors (Lipinski definition) is 8. The normalized spacial score (nSPS) is 14.2. The molecule has 0 spiro atoms. The van der Waals surface area contributed by atoms with Crippen molar-refractivity contribution < 1.29 is 14.3 Å². The van der Waals surface area contributed by atoms with Gasteiger partial charge in [-0.2, -0.15) is 0 Å². The standard InChI is InChI=1S/C18H22N4O4S2/c1-4-26-17(25)13-11-7-5-6-8-12(11)28-16(13)19-15(24)10(3)27-18-20-14(23)9(2)21-22-18/h10H,4-8H2,1-3H3,(H,19,24)(H,20,22,23)/t10-/m0/s1. The molecule has 0 unspecified atom stereocenters. The lowest BCUT2D eigenvalue weighted by molar-refractivity contribution is -0.115. The number of amides is 1. The van der Waals surface area contributed by atoms with E-state index in [0.717, 1.165) is 47.9 Å². The highest BCUT2D eigenvalue weighted by Gasteiger charge is 2.28. The molecule has 10 heteroatoms. The van der Waals surface area contributed by atoms with Crippen LogP contribution in [0.15, 0.2) is 9.95 Å². The highest BCUT2D eigenvalue weighted by Crippen LogP contribution is 2.39. The van der Waals surface area contributed by atoms with Crippen LogP contribution in [0.25, 0.3) is 0 Å². The number of carbonyl (C=O) groups is 2. The third kappa shape index (κ3) is 4.44. The van der Waals surface area contributed by atoms with Gasteiger partial charge in [0.25, 0.3) is 5.56 Å². The van der Waals surface area contributed by atoms with Crippen LogP contribution in [0.3, 0.4) is 0 Å². The fraction of sp³-hybridized carbons (Fsp3) is 0.500. The van der Waals surface area contributed by atoms with E-state index in [1.165, 1.54) is 11.3 Å². The van der Waals surface area contributed by atoms with Crippen LogP contribution in [0.1, 0.15) is 53.2 Å². The molecule has 0 saturated carbocycles. The predicted octanol–water partition coefficient (Wildman–Crippen LogP) is 2.71. The Bertz CT molecular complexity index is 954. The molecule has 0 saturated heterocycles. The highest BCUT2D eigenvalue weighted by molar-refractivity contribution is 8.00. The second-order valence-electron chi connectivity index (χ2n) is 6.43. The number of H-pyrrole nitrogens is 1. The van der Waals surface area contributed by atoms with Crippen molar-refractivity contribution in [2.45, 2.75) is 56.9 Å². The van der Waals surface area contributed by atoms with Crippen LogP contribution < -0.4 is 10.9 Å². The van der Waals surface area contributed by atoms with E-state index in [1.54, 1.807) is 20.8 Å². The Kier molecular flexibility index (Phi) is 6.50. The van der Waals surface area contributed by atoms with Gasteiger partial charge < -0.3 is 10.1 Å². The third-order valence-electron chi connectivity index (χ3n) is 4.39. The predicted molar refractivity (Wildman–Crippen MR) is 108 cm³/mol. The number of thiophene rings is 1. The number of aromatic amines is 1. The maximum Gasteiger partial charge on any atom is 0.341 e. The number of hydrogen-bond donors (Lipinski definition) is 2. The summed E-state index contributed by atoms with van der Waals surface area (Å²) in [5.74, 6) is -0.677. The Morgan fingerprint density at radius 2 is 2.07 bits per heavy atom. The monoisotopic (exact) mass is 422 g/mol. The average molecular weight is 423 g/mol. The minimum atomic E-state index is -0.540. The lowest BCUT2D eigenvalue weighted by Gasteiger charge is -2.13. The minimum Gasteiger partial charge on any atom is -0.462 e. The molecule has 2 aromatic heterocycles. The van der Waals surface area contributed by atoms with Gasteiger partial charge >= 0.3 is 5.97 Å². The summed E-state index contributed by atoms with van der Waals surface area (Å²) in [4.78, 5) is 40.6. The van der Waals surface area contributed by atoms with Gasteiger partial charge in [0.2, 0.25) is 5.91 Å². The summed E-state index contributed by atoms with van der Waals surface area (Å²) >= 11 is 2.55. The Morgan fingerprint density at radius 1 is 1.32 bits per heavy atom. The molecule has 1 aliphatic carbocycles. The van der Waals surface area contributed by atoms with Gasteiger partial charge in [-0.15, -0.1) is 21.5 Å². The fourth-order valence-electron chi connectivity index (χ4n) is 2.94. The summed E-state index contributed by atoms with van der Waals surface area (Å²) in [6.07, 6.45) is 3.83. The summed E-state index contributed by atoms with van der Waals surface area (Å²) in [7, 11) is 0.